The highest BCUT2D eigenvalue weighted by Crippen LogP contribution is 2.26. The average Bonchev–Trinajstić information content (AvgIpc) is 2.66. The first-order valence-corrected chi connectivity index (χ1v) is 7.83. The van der Waals surface area contributed by atoms with Gasteiger partial charge in [0, 0.05) is 12.1 Å². The van der Waals surface area contributed by atoms with Crippen molar-refractivity contribution in [3.8, 4) is 23.0 Å². The molecule has 0 spiro atoms. The lowest BCUT2D eigenvalue weighted by molar-refractivity contribution is 0.0735. The second-order valence-corrected chi connectivity index (χ2v) is 5.59. The maximum absolute atomic E-state index is 12.3. The van der Waals surface area contributed by atoms with Crippen LogP contribution in [0.3, 0.4) is 0 Å². The predicted octanol–water partition coefficient (Wildman–Crippen LogP) is 3.52. The Balaban J connectivity index is 1.66. The fourth-order valence-electron chi connectivity index (χ4n) is 2.54. The van der Waals surface area contributed by atoms with E-state index in [0.717, 1.165) is 0 Å². The standard InChI is InChI=1S/C20H13NO5/c1-24-14-5-2-12(3-6-14)20(23)25-15-7-9-17-19(11-15)26-18-10-13(22)4-8-16(18)21-17/h2-11H,1H3. The highest BCUT2D eigenvalue weighted by Gasteiger charge is 2.12. The zero-order chi connectivity index (χ0) is 18.1. The molecule has 0 amide bonds. The number of carbonyl (C=O) groups excluding carboxylic acids is 1. The molecule has 1 aliphatic carbocycles. The van der Waals surface area contributed by atoms with Crippen LogP contribution in [0.5, 0.6) is 11.5 Å². The lowest BCUT2D eigenvalue weighted by Crippen LogP contribution is -2.08. The van der Waals surface area contributed by atoms with Gasteiger partial charge in [0.15, 0.2) is 16.8 Å². The number of carbonyl (C=O) groups is 1. The van der Waals surface area contributed by atoms with Crippen molar-refractivity contribution < 1.29 is 18.7 Å². The first-order chi connectivity index (χ1) is 12.6. The van der Waals surface area contributed by atoms with Gasteiger partial charge < -0.3 is 13.9 Å². The van der Waals surface area contributed by atoms with Crippen molar-refractivity contribution in [2.45, 2.75) is 0 Å². The van der Waals surface area contributed by atoms with Gasteiger partial charge in [-0.2, -0.15) is 0 Å². The number of nitrogens with zero attached hydrogens (tertiary/aromatic N) is 1. The van der Waals surface area contributed by atoms with Gasteiger partial charge in [-0.05, 0) is 48.5 Å². The molecular weight excluding hydrogens is 334 g/mol. The van der Waals surface area contributed by atoms with Crippen molar-refractivity contribution in [3.63, 3.8) is 0 Å². The molecule has 2 aliphatic rings. The molecule has 4 rings (SSSR count). The summed E-state index contributed by atoms with van der Waals surface area (Å²) in [6.07, 6.45) is 0. The van der Waals surface area contributed by atoms with Crippen LogP contribution in [-0.2, 0) is 0 Å². The third-order valence-corrected chi connectivity index (χ3v) is 3.86. The first kappa shape index (κ1) is 15.8. The molecule has 0 aromatic heterocycles. The van der Waals surface area contributed by atoms with Gasteiger partial charge in [-0.15, -0.1) is 0 Å². The summed E-state index contributed by atoms with van der Waals surface area (Å²) >= 11 is 0. The van der Waals surface area contributed by atoms with Crippen LogP contribution in [0.15, 0.2) is 69.9 Å². The van der Waals surface area contributed by atoms with E-state index >= 15 is 0 Å². The molecule has 2 aromatic carbocycles. The van der Waals surface area contributed by atoms with E-state index in [9.17, 15) is 9.59 Å². The fourth-order valence-corrected chi connectivity index (χ4v) is 2.54. The van der Waals surface area contributed by atoms with Crippen LogP contribution in [0.2, 0.25) is 0 Å². The van der Waals surface area contributed by atoms with Gasteiger partial charge in [0.05, 0.1) is 12.7 Å². The topological polar surface area (TPSA) is 78.6 Å². The molecule has 1 aliphatic heterocycles. The summed E-state index contributed by atoms with van der Waals surface area (Å²) in [6.45, 7) is 0. The maximum Gasteiger partial charge on any atom is 0.343 e. The molecule has 128 valence electrons. The lowest BCUT2D eigenvalue weighted by Gasteiger charge is -2.08. The highest BCUT2D eigenvalue weighted by atomic mass is 16.5. The average molecular weight is 347 g/mol. The normalized spacial score (nSPS) is 10.8. The van der Waals surface area contributed by atoms with Crippen molar-refractivity contribution in [2.24, 2.45) is 0 Å². The van der Waals surface area contributed by atoms with Crippen molar-refractivity contribution in [1.82, 2.24) is 4.98 Å². The second kappa shape index (κ2) is 6.33. The summed E-state index contributed by atoms with van der Waals surface area (Å²) < 4.78 is 16.2. The summed E-state index contributed by atoms with van der Waals surface area (Å²) in [5.74, 6) is 0.856. The molecule has 0 radical (unpaired) electrons. The quantitative estimate of drug-likeness (QED) is 0.320. The summed E-state index contributed by atoms with van der Waals surface area (Å²) in [5, 5.41) is 0. The Kier molecular flexibility index (Phi) is 3.85. The Hall–Kier alpha value is -3.67. The van der Waals surface area contributed by atoms with E-state index < -0.39 is 5.97 Å². The Morgan fingerprint density at radius 2 is 1.73 bits per heavy atom. The molecular formula is C20H13NO5. The van der Waals surface area contributed by atoms with E-state index in [4.69, 9.17) is 13.9 Å². The van der Waals surface area contributed by atoms with Crippen LogP contribution in [0.25, 0.3) is 22.6 Å². The van der Waals surface area contributed by atoms with Gasteiger partial charge in [-0.3, -0.25) is 4.79 Å². The molecule has 0 saturated heterocycles. The molecule has 2 aromatic rings. The molecule has 0 unspecified atom stereocenters. The molecule has 26 heavy (non-hydrogen) atoms. The van der Waals surface area contributed by atoms with Crippen LogP contribution in [0.4, 0.5) is 0 Å². The molecule has 0 N–H and O–H groups in total. The van der Waals surface area contributed by atoms with Gasteiger partial charge in [-0.1, -0.05) is 0 Å². The van der Waals surface area contributed by atoms with Crippen molar-refractivity contribution in [2.75, 3.05) is 7.11 Å². The minimum atomic E-state index is -0.498. The number of hydrogen-bond acceptors (Lipinski definition) is 6. The summed E-state index contributed by atoms with van der Waals surface area (Å²) in [4.78, 5) is 28.2. The van der Waals surface area contributed by atoms with Crippen molar-refractivity contribution in [1.29, 1.82) is 0 Å². The second-order valence-electron chi connectivity index (χ2n) is 5.59. The van der Waals surface area contributed by atoms with E-state index in [1.165, 1.54) is 12.1 Å². The molecule has 0 atom stereocenters. The van der Waals surface area contributed by atoms with Gasteiger partial charge in [0.1, 0.15) is 22.7 Å². The molecule has 6 heteroatoms. The van der Waals surface area contributed by atoms with Gasteiger partial charge in [-0.25, -0.2) is 9.78 Å². The first-order valence-electron chi connectivity index (χ1n) is 7.83. The van der Waals surface area contributed by atoms with E-state index in [2.05, 4.69) is 4.98 Å². The number of hydrogen-bond donors (Lipinski definition) is 0. The minimum absolute atomic E-state index is 0.163. The zero-order valence-electron chi connectivity index (χ0n) is 13.8. The van der Waals surface area contributed by atoms with Gasteiger partial charge in [0.25, 0.3) is 0 Å². The van der Waals surface area contributed by atoms with Crippen LogP contribution < -0.4 is 14.9 Å². The number of ether oxygens (including phenoxy) is 2. The number of methoxy groups -OCH3 is 1. The minimum Gasteiger partial charge on any atom is -0.497 e. The van der Waals surface area contributed by atoms with Gasteiger partial charge in [0.2, 0.25) is 0 Å². The third kappa shape index (κ3) is 3.00. The number of rotatable bonds is 3. The van der Waals surface area contributed by atoms with E-state index in [1.807, 2.05) is 0 Å². The largest absolute Gasteiger partial charge is 0.497 e. The number of esters is 1. The predicted molar refractivity (Wildman–Crippen MR) is 94.9 cm³/mol. The number of aromatic nitrogens is 1. The summed E-state index contributed by atoms with van der Waals surface area (Å²) in [5.41, 5.74) is 1.84. The smallest absolute Gasteiger partial charge is 0.343 e. The van der Waals surface area contributed by atoms with Crippen molar-refractivity contribution >= 4 is 17.1 Å². The SMILES string of the molecule is COc1ccc(C(=O)Oc2ccc3nc4ccc(=O)cc-4oc3c2)cc1. The Morgan fingerprint density at radius 3 is 2.50 bits per heavy atom. The zero-order valence-corrected chi connectivity index (χ0v) is 13.8. The van der Waals surface area contributed by atoms with Gasteiger partial charge >= 0.3 is 5.97 Å². The molecule has 0 fully saturated rings. The van der Waals surface area contributed by atoms with Crippen LogP contribution >= 0.6 is 0 Å². The molecule has 1 heterocycles. The van der Waals surface area contributed by atoms with E-state index in [0.29, 0.717) is 39.6 Å². The summed E-state index contributed by atoms with van der Waals surface area (Å²) in [7, 11) is 1.56. The Bertz CT molecular complexity index is 1130. The maximum atomic E-state index is 12.3. The molecule has 6 nitrogen and oxygen atoms in total. The number of fused-ring (bicyclic) bond motifs is 2. The molecule has 0 bridgehead atoms. The Labute approximate surface area is 148 Å². The van der Waals surface area contributed by atoms with E-state index in [-0.39, 0.29) is 5.43 Å². The molecule has 0 saturated carbocycles. The van der Waals surface area contributed by atoms with Crippen LogP contribution in [-0.4, -0.2) is 18.1 Å². The van der Waals surface area contributed by atoms with E-state index in [1.54, 1.807) is 55.6 Å². The van der Waals surface area contributed by atoms with Crippen molar-refractivity contribution in [3.05, 3.63) is 76.5 Å². The van der Waals surface area contributed by atoms with Crippen LogP contribution in [0.1, 0.15) is 10.4 Å². The van der Waals surface area contributed by atoms with Crippen LogP contribution in [0, 0.1) is 0 Å². The summed E-state index contributed by atoms with van der Waals surface area (Å²) in [6, 6.07) is 15.9. The highest BCUT2D eigenvalue weighted by molar-refractivity contribution is 5.91. The monoisotopic (exact) mass is 347 g/mol. The lowest BCUT2D eigenvalue weighted by atomic mass is 10.2. The number of benzene rings is 3. The fraction of sp³-hybridized carbons (Fsp3) is 0.0500. The Morgan fingerprint density at radius 1 is 0.962 bits per heavy atom. The third-order valence-electron chi connectivity index (χ3n) is 3.86.